The third-order valence-electron chi connectivity index (χ3n) is 8.65. The predicted octanol–water partition coefficient (Wildman–Crippen LogP) is 2.71. The van der Waals surface area contributed by atoms with Crippen molar-refractivity contribution in [2.75, 3.05) is 6.61 Å². The summed E-state index contributed by atoms with van der Waals surface area (Å²) in [7, 11) is 0. The lowest BCUT2D eigenvalue weighted by Gasteiger charge is -2.63. The molecule has 0 amide bonds. The van der Waals surface area contributed by atoms with Crippen molar-refractivity contribution in [2.24, 2.45) is 22.7 Å². The molecule has 0 aliphatic heterocycles. The molecular formula is C23H28Cl2O6. The quantitative estimate of drug-likeness (QED) is 0.485. The minimum Gasteiger partial charge on any atom is -0.458 e. The van der Waals surface area contributed by atoms with Gasteiger partial charge in [-0.05, 0) is 49.7 Å². The number of aliphatic hydroxyl groups excluding tert-OH is 1. The van der Waals surface area contributed by atoms with Crippen molar-refractivity contribution in [1.82, 2.24) is 0 Å². The van der Waals surface area contributed by atoms with Crippen LogP contribution in [-0.4, -0.2) is 56.3 Å². The zero-order chi connectivity index (χ0) is 23.0. The van der Waals surface area contributed by atoms with E-state index in [1.165, 1.54) is 13.0 Å². The van der Waals surface area contributed by atoms with Crippen molar-refractivity contribution in [1.29, 1.82) is 0 Å². The number of carbonyl (C=O) groups is 3. The van der Waals surface area contributed by atoms with Gasteiger partial charge in [0.05, 0.1) is 16.4 Å². The Kier molecular flexibility index (Phi) is 5.29. The molecule has 3 saturated carbocycles. The molecule has 8 atom stereocenters. The zero-order valence-corrected chi connectivity index (χ0v) is 19.4. The molecule has 3 fully saturated rings. The Balaban J connectivity index is 1.76. The monoisotopic (exact) mass is 470 g/mol. The van der Waals surface area contributed by atoms with Gasteiger partial charge in [-0.1, -0.05) is 25.5 Å². The highest BCUT2D eigenvalue weighted by atomic mass is 35.5. The second-order valence-corrected chi connectivity index (χ2v) is 11.1. The number of hydrogen-bond acceptors (Lipinski definition) is 6. The fourth-order valence-corrected chi connectivity index (χ4v) is 8.17. The van der Waals surface area contributed by atoms with Gasteiger partial charge in [0.1, 0.15) is 0 Å². The molecule has 4 aliphatic carbocycles. The van der Waals surface area contributed by atoms with Gasteiger partial charge in [-0.15, -0.1) is 23.2 Å². The molecule has 0 aromatic rings. The predicted molar refractivity (Wildman–Crippen MR) is 115 cm³/mol. The number of allylic oxidation sites excluding steroid dienone is 4. The summed E-state index contributed by atoms with van der Waals surface area (Å²) in [5.74, 6) is -1.90. The van der Waals surface area contributed by atoms with Gasteiger partial charge in [0.25, 0.3) is 0 Å². The van der Waals surface area contributed by atoms with Crippen LogP contribution in [0.5, 0.6) is 0 Å². The molecule has 0 heterocycles. The Morgan fingerprint density at radius 3 is 2.61 bits per heavy atom. The van der Waals surface area contributed by atoms with Gasteiger partial charge in [-0.2, -0.15) is 0 Å². The Hall–Kier alpha value is -1.21. The van der Waals surface area contributed by atoms with Crippen LogP contribution in [0.25, 0.3) is 0 Å². The molecule has 4 aliphatic rings. The number of Topliss-reactive ketones (excluding diaryl/α,β-unsaturated/α-hetero) is 1. The third kappa shape index (κ3) is 2.81. The van der Waals surface area contributed by atoms with Gasteiger partial charge in [-0.25, -0.2) is 0 Å². The number of rotatable bonds is 3. The molecule has 6 nitrogen and oxygen atoms in total. The first-order valence-corrected chi connectivity index (χ1v) is 11.5. The van der Waals surface area contributed by atoms with Crippen LogP contribution < -0.4 is 0 Å². The highest BCUT2D eigenvalue weighted by Gasteiger charge is 2.75. The topological polar surface area (TPSA) is 101 Å². The van der Waals surface area contributed by atoms with Crippen LogP contribution in [-0.2, 0) is 19.1 Å². The second kappa shape index (κ2) is 7.14. The van der Waals surface area contributed by atoms with Crippen LogP contribution in [0, 0.1) is 22.7 Å². The Morgan fingerprint density at radius 1 is 1.29 bits per heavy atom. The first-order chi connectivity index (χ1) is 14.3. The summed E-state index contributed by atoms with van der Waals surface area (Å²) < 4.78 is 4.84. The lowest BCUT2D eigenvalue weighted by Crippen LogP contribution is -2.68. The molecule has 2 unspecified atom stereocenters. The zero-order valence-electron chi connectivity index (χ0n) is 17.9. The van der Waals surface area contributed by atoms with E-state index in [1.807, 2.05) is 13.0 Å². The van der Waals surface area contributed by atoms with Crippen molar-refractivity contribution in [2.45, 2.75) is 68.4 Å². The largest absolute Gasteiger partial charge is 0.458 e. The van der Waals surface area contributed by atoms with Gasteiger partial charge in [0.15, 0.2) is 18.0 Å². The summed E-state index contributed by atoms with van der Waals surface area (Å²) in [4.78, 5) is 35.2. The van der Waals surface area contributed by atoms with E-state index in [-0.39, 0.29) is 30.5 Å². The number of ketones is 2. The number of halogens is 2. The number of ether oxygens (including phenoxy) is 1. The smallest absolute Gasteiger partial charge is 0.303 e. The summed E-state index contributed by atoms with van der Waals surface area (Å²) >= 11 is 14.4. The van der Waals surface area contributed by atoms with Gasteiger partial charge in [0.2, 0.25) is 5.78 Å². The molecule has 8 heteroatoms. The molecule has 0 aromatic carbocycles. The molecule has 0 aromatic heterocycles. The minimum atomic E-state index is -2.09. The van der Waals surface area contributed by atoms with Crippen LogP contribution in [0.3, 0.4) is 0 Å². The molecule has 4 rings (SSSR count). The Bertz CT molecular complexity index is 914. The Labute approximate surface area is 191 Å². The van der Waals surface area contributed by atoms with E-state index < -0.39 is 51.1 Å². The summed E-state index contributed by atoms with van der Waals surface area (Å²) in [5, 5.41) is 21.8. The number of esters is 1. The fourth-order valence-electron chi connectivity index (χ4n) is 6.94. The first kappa shape index (κ1) is 23.0. The number of hydrogen-bond donors (Lipinski definition) is 2. The number of fused-ring (bicyclic) bond motifs is 5. The maximum Gasteiger partial charge on any atom is 0.303 e. The van der Waals surface area contributed by atoms with Crippen molar-refractivity contribution >= 4 is 40.7 Å². The highest BCUT2D eigenvalue weighted by Crippen LogP contribution is 2.71. The first-order valence-electron chi connectivity index (χ1n) is 10.7. The lowest BCUT2D eigenvalue weighted by atomic mass is 9.46. The van der Waals surface area contributed by atoms with Gasteiger partial charge in [-0.3, -0.25) is 14.4 Å². The maximum absolute atomic E-state index is 13.0. The average molecular weight is 471 g/mol. The molecule has 0 saturated heterocycles. The molecule has 0 radical (unpaired) electrons. The molecule has 0 spiro atoms. The second-order valence-electron chi connectivity index (χ2n) is 9.94. The SMILES string of the molecule is CC(=O)OCC(=O)[C@@]1(O)[C@H](O)CC2C3CCC4=CC(=O)C=C[C@]4(C)[C@@]3(Cl)[C@@H](Cl)C[C@@]21C. The average Bonchev–Trinajstić information content (AvgIpc) is 2.89. The summed E-state index contributed by atoms with van der Waals surface area (Å²) in [6, 6.07) is 0. The van der Waals surface area contributed by atoms with E-state index >= 15 is 0 Å². The minimum absolute atomic E-state index is 0.0697. The third-order valence-corrected chi connectivity index (χ3v) is 10.2. The van der Waals surface area contributed by atoms with Gasteiger partial charge < -0.3 is 14.9 Å². The molecule has 170 valence electrons. The van der Waals surface area contributed by atoms with Crippen LogP contribution in [0.4, 0.5) is 0 Å². The maximum atomic E-state index is 13.0. The van der Waals surface area contributed by atoms with E-state index in [0.29, 0.717) is 12.8 Å². The standard InChI is InChI=1S/C23H28Cl2O6/c1-12(26)31-11-19(29)23(30)18(28)9-16-15-5-4-13-8-14(27)6-7-20(13,2)22(15,25)17(24)10-21(16,23)3/h6-8,15-18,28,30H,4-5,9-11H2,1-3H3/t15?,16?,17-,18+,20-,21-,22-,23-/m0/s1. The van der Waals surface area contributed by atoms with Gasteiger partial charge >= 0.3 is 5.97 Å². The van der Waals surface area contributed by atoms with Crippen molar-refractivity contribution in [3.05, 3.63) is 23.8 Å². The van der Waals surface area contributed by atoms with Crippen LogP contribution in [0.1, 0.15) is 46.5 Å². The van der Waals surface area contributed by atoms with E-state index in [4.69, 9.17) is 27.9 Å². The van der Waals surface area contributed by atoms with Crippen molar-refractivity contribution < 1.29 is 29.3 Å². The van der Waals surface area contributed by atoms with Crippen LogP contribution in [0.2, 0.25) is 0 Å². The van der Waals surface area contributed by atoms with E-state index in [9.17, 15) is 24.6 Å². The van der Waals surface area contributed by atoms with Crippen LogP contribution >= 0.6 is 23.2 Å². The molecular weight excluding hydrogens is 443 g/mol. The molecule has 0 bridgehead atoms. The van der Waals surface area contributed by atoms with Crippen LogP contribution in [0.15, 0.2) is 23.8 Å². The lowest BCUT2D eigenvalue weighted by molar-refractivity contribution is -0.179. The highest BCUT2D eigenvalue weighted by molar-refractivity contribution is 6.34. The molecule has 31 heavy (non-hydrogen) atoms. The van der Waals surface area contributed by atoms with Crippen molar-refractivity contribution in [3.63, 3.8) is 0 Å². The normalized spacial score (nSPS) is 48.4. The molecule has 2 N–H and O–H groups in total. The van der Waals surface area contributed by atoms with E-state index in [2.05, 4.69) is 0 Å². The summed E-state index contributed by atoms with van der Waals surface area (Å²) in [6.07, 6.45) is 5.36. The fraction of sp³-hybridized carbons (Fsp3) is 0.696. The number of alkyl halides is 2. The van der Waals surface area contributed by atoms with E-state index in [0.717, 1.165) is 5.57 Å². The summed E-state index contributed by atoms with van der Waals surface area (Å²) in [5.41, 5.74) is -2.83. The van der Waals surface area contributed by atoms with E-state index in [1.54, 1.807) is 13.0 Å². The Morgan fingerprint density at radius 2 is 1.97 bits per heavy atom. The summed E-state index contributed by atoms with van der Waals surface area (Å²) in [6.45, 7) is 4.34. The van der Waals surface area contributed by atoms with Gasteiger partial charge in [0, 0.05) is 17.8 Å². The number of aliphatic hydroxyl groups is 2. The number of carbonyl (C=O) groups excluding carboxylic acids is 3. The van der Waals surface area contributed by atoms with Crippen molar-refractivity contribution in [3.8, 4) is 0 Å².